The van der Waals surface area contributed by atoms with Crippen LogP contribution < -0.4 is 5.32 Å². The van der Waals surface area contributed by atoms with E-state index in [2.05, 4.69) is 31.0 Å². The summed E-state index contributed by atoms with van der Waals surface area (Å²) < 4.78 is 0. The van der Waals surface area contributed by atoms with Crippen LogP contribution in [0.25, 0.3) is 0 Å². The van der Waals surface area contributed by atoms with Crippen LogP contribution in [0, 0.1) is 17.3 Å². The number of nitrogens with zero attached hydrogens (tertiary/aromatic N) is 1. The van der Waals surface area contributed by atoms with E-state index in [1.54, 1.807) is 0 Å². The van der Waals surface area contributed by atoms with Crippen LogP contribution in [-0.2, 0) is 0 Å². The maximum absolute atomic E-state index is 3.51. The largest absolute Gasteiger partial charge is 0.317 e. The van der Waals surface area contributed by atoms with Gasteiger partial charge in [0.25, 0.3) is 0 Å². The molecule has 3 rings (SSSR count). The molecule has 2 nitrogen and oxygen atoms in total. The Morgan fingerprint density at radius 3 is 2.30 bits per heavy atom. The first-order valence-corrected chi connectivity index (χ1v) is 9.00. The molecule has 2 heteroatoms. The van der Waals surface area contributed by atoms with Crippen molar-refractivity contribution < 1.29 is 0 Å². The van der Waals surface area contributed by atoms with Gasteiger partial charge < -0.3 is 5.32 Å². The molecule has 3 aliphatic rings. The van der Waals surface area contributed by atoms with Crippen molar-refractivity contribution in [2.45, 2.75) is 77.8 Å². The molecule has 2 aliphatic carbocycles. The van der Waals surface area contributed by atoms with Crippen LogP contribution in [0.5, 0.6) is 0 Å². The highest BCUT2D eigenvalue weighted by atomic mass is 15.2. The molecule has 2 atom stereocenters. The summed E-state index contributed by atoms with van der Waals surface area (Å²) in [4.78, 5) is 2.95. The van der Waals surface area contributed by atoms with Gasteiger partial charge in [-0.05, 0) is 75.3 Å². The van der Waals surface area contributed by atoms with Gasteiger partial charge in [0.15, 0.2) is 0 Å². The summed E-state index contributed by atoms with van der Waals surface area (Å²) in [5, 5.41) is 3.51. The summed E-state index contributed by atoms with van der Waals surface area (Å²) in [7, 11) is 0. The fourth-order valence-electron chi connectivity index (χ4n) is 4.91. The van der Waals surface area contributed by atoms with Crippen LogP contribution in [0.2, 0.25) is 0 Å². The first-order valence-electron chi connectivity index (χ1n) is 9.00. The van der Waals surface area contributed by atoms with Crippen molar-refractivity contribution in [1.29, 1.82) is 0 Å². The van der Waals surface area contributed by atoms with Crippen molar-refractivity contribution in [1.82, 2.24) is 10.2 Å². The van der Waals surface area contributed by atoms with Crippen molar-refractivity contribution in [3.05, 3.63) is 0 Å². The lowest BCUT2D eigenvalue weighted by molar-refractivity contribution is 0.0476. The van der Waals surface area contributed by atoms with Crippen LogP contribution >= 0.6 is 0 Å². The van der Waals surface area contributed by atoms with Crippen molar-refractivity contribution >= 4 is 0 Å². The normalized spacial score (nSPS) is 35.4. The predicted molar refractivity (Wildman–Crippen MR) is 85.9 cm³/mol. The standard InChI is InChI=1S/C18H34N2/c1-14-10-17(12-18(2,3)11-14)20(16-4-5-16)13-15-6-8-19-9-7-15/h14-17,19H,4-13H2,1-3H3. The molecule has 2 saturated carbocycles. The molecule has 0 aromatic heterocycles. The molecular weight excluding hydrogens is 244 g/mol. The van der Waals surface area contributed by atoms with E-state index in [1.807, 2.05) is 0 Å². The molecule has 0 aromatic rings. The second-order valence-electron chi connectivity index (χ2n) is 8.69. The van der Waals surface area contributed by atoms with E-state index in [1.165, 1.54) is 64.6 Å². The van der Waals surface area contributed by atoms with Crippen molar-refractivity contribution in [2.24, 2.45) is 17.3 Å². The van der Waals surface area contributed by atoms with E-state index in [4.69, 9.17) is 0 Å². The lowest BCUT2D eigenvalue weighted by Crippen LogP contribution is -2.47. The summed E-state index contributed by atoms with van der Waals surface area (Å²) in [6.07, 6.45) is 10.0. The van der Waals surface area contributed by atoms with Gasteiger partial charge in [-0.25, -0.2) is 0 Å². The smallest absolute Gasteiger partial charge is 0.0106 e. The topological polar surface area (TPSA) is 15.3 Å². The Hall–Kier alpha value is -0.0800. The van der Waals surface area contributed by atoms with Crippen LogP contribution in [0.1, 0.15) is 65.7 Å². The minimum Gasteiger partial charge on any atom is -0.317 e. The number of rotatable bonds is 4. The summed E-state index contributed by atoms with van der Waals surface area (Å²) in [5.74, 6) is 1.87. The number of piperidine rings is 1. The molecule has 0 bridgehead atoms. The first-order chi connectivity index (χ1) is 9.53. The van der Waals surface area contributed by atoms with Crippen LogP contribution in [-0.4, -0.2) is 36.6 Å². The highest BCUT2D eigenvalue weighted by molar-refractivity contribution is 4.95. The molecule has 0 radical (unpaired) electrons. The van der Waals surface area contributed by atoms with E-state index >= 15 is 0 Å². The Bertz CT molecular complexity index is 315. The summed E-state index contributed by atoms with van der Waals surface area (Å²) in [6.45, 7) is 11.3. The molecule has 1 N–H and O–H groups in total. The van der Waals surface area contributed by atoms with E-state index in [-0.39, 0.29) is 0 Å². The van der Waals surface area contributed by atoms with Gasteiger partial charge in [0, 0.05) is 18.6 Å². The number of nitrogens with one attached hydrogen (secondary N) is 1. The zero-order valence-corrected chi connectivity index (χ0v) is 13.8. The number of hydrogen-bond donors (Lipinski definition) is 1. The Labute approximate surface area is 125 Å². The van der Waals surface area contributed by atoms with Gasteiger partial charge in [-0.1, -0.05) is 20.8 Å². The molecule has 116 valence electrons. The summed E-state index contributed by atoms with van der Waals surface area (Å²) >= 11 is 0. The second kappa shape index (κ2) is 5.96. The fourth-order valence-corrected chi connectivity index (χ4v) is 4.91. The van der Waals surface area contributed by atoms with Crippen molar-refractivity contribution in [2.75, 3.05) is 19.6 Å². The molecule has 0 spiro atoms. The Morgan fingerprint density at radius 1 is 1.00 bits per heavy atom. The average molecular weight is 278 g/mol. The summed E-state index contributed by atoms with van der Waals surface area (Å²) in [6, 6.07) is 1.81. The molecule has 0 amide bonds. The maximum Gasteiger partial charge on any atom is 0.0106 e. The lowest BCUT2D eigenvalue weighted by Gasteiger charge is -2.45. The fraction of sp³-hybridized carbons (Fsp3) is 1.00. The maximum atomic E-state index is 3.51. The van der Waals surface area contributed by atoms with Crippen LogP contribution in [0.3, 0.4) is 0 Å². The summed E-state index contributed by atoms with van der Waals surface area (Å²) in [5.41, 5.74) is 0.559. The van der Waals surface area contributed by atoms with Gasteiger partial charge in [-0.2, -0.15) is 0 Å². The highest BCUT2D eigenvalue weighted by Crippen LogP contribution is 2.43. The molecule has 20 heavy (non-hydrogen) atoms. The molecule has 2 unspecified atom stereocenters. The number of hydrogen-bond acceptors (Lipinski definition) is 2. The Balaban J connectivity index is 1.63. The molecular formula is C18H34N2. The van der Waals surface area contributed by atoms with Gasteiger partial charge in [0.2, 0.25) is 0 Å². The van der Waals surface area contributed by atoms with Crippen molar-refractivity contribution in [3.63, 3.8) is 0 Å². The molecule has 1 heterocycles. The predicted octanol–water partition coefficient (Wildman–Crippen LogP) is 3.67. The van der Waals surface area contributed by atoms with Crippen molar-refractivity contribution in [3.8, 4) is 0 Å². The minimum atomic E-state index is 0.559. The average Bonchev–Trinajstić information content (AvgIpc) is 3.19. The van der Waals surface area contributed by atoms with Gasteiger partial charge in [0.05, 0.1) is 0 Å². The quantitative estimate of drug-likeness (QED) is 0.844. The highest BCUT2D eigenvalue weighted by Gasteiger charge is 2.40. The lowest BCUT2D eigenvalue weighted by atomic mass is 9.70. The Kier molecular flexibility index (Phi) is 4.42. The zero-order chi connectivity index (χ0) is 14.2. The van der Waals surface area contributed by atoms with E-state index in [9.17, 15) is 0 Å². The zero-order valence-electron chi connectivity index (χ0n) is 13.8. The van der Waals surface area contributed by atoms with E-state index in [0.29, 0.717) is 5.41 Å². The third kappa shape index (κ3) is 3.76. The van der Waals surface area contributed by atoms with Crippen LogP contribution in [0.4, 0.5) is 0 Å². The van der Waals surface area contributed by atoms with Gasteiger partial charge in [-0.15, -0.1) is 0 Å². The Morgan fingerprint density at radius 2 is 1.70 bits per heavy atom. The first kappa shape index (κ1) is 14.8. The van der Waals surface area contributed by atoms with Gasteiger partial charge in [-0.3, -0.25) is 4.90 Å². The SMILES string of the molecule is CC1CC(N(CC2CCNCC2)C2CC2)CC(C)(C)C1. The molecule has 1 saturated heterocycles. The third-order valence-corrected chi connectivity index (χ3v) is 5.78. The monoisotopic (exact) mass is 278 g/mol. The van der Waals surface area contributed by atoms with Gasteiger partial charge in [0.1, 0.15) is 0 Å². The molecule has 1 aliphatic heterocycles. The molecule has 0 aromatic carbocycles. The second-order valence-corrected chi connectivity index (χ2v) is 8.69. The molecule has 3 fully saturated rings. The van der Waals surface area contributed by atoms with Crippen LogP contribution in [0.15, 0.2) is 0 Å². The van der Waals surface area contributed by atoms with Gasteiger partial charge >= 0.3 is 0 Å². The van der Waals surface area contributed by atoms with E-state index < -0.39 is 0 Å². The third-order valence-electron chi connectivity index (χ3n) is 5.78. The minimum absolute atomic E-state index is 0.559. The van der Waals surface area contributed by atoms with E-state index in [0.717, 1.165) is 23.9 Å².